The van der Waals surface area contributed by atoms with Crippen molar-refractivity contribution < 1.29 is 19.7 Å². The van der Waals surface area contributed by atoms with Crippen LogP contribution >= 0.6 is 0 Å². The number of unbranched alkanes of at least 4 members (excludes halogenated alkanes) is 11. The minimum absolute atomic E-state index is 0.0792. The number of nitrogens with two attached hydrogens (primary N) is 1. The van der Waals surface area contributed by atoms with E-state index in [0.29, 0.717) is 19.3 Å². The first-order valence-electron chi connectivity index (χ1n) is 14.1. The van der Waals surface area contributed by atoms with Crippen molar-refractivity contribution >= 4 is 0 Å². The average molecular weight is 472 g/mol. The number of rotatable bonds is 25. The predicted octanol–water partition coefficient (Wildman–Crippen LogP) is 6.99. The van der Waals surface area contributed by atoms with Crippen LogP contribution in [-0.4, -0.2) is 41.5 Å². The molecular formula is C28H57NO4. The largest absolute Gasteiger partial charge is 0.396 e. The second kappa shape index (κ2) is 23.3. The molecule has 2 atom stereocenters. The fourth-order valence-corrected chi connectivity index (χ4v) is 4.13. The van der Waals surface area contributed by atoms with Crippen LogP contribution in [0.5, 0.6) is 0 Å². The normalized spacial score (nSPS) is 15.7. The Morgan fingerprint density at radius 1 is 0.667 bits per heavy atom. The van der Waals surface area contributed by atoms with Gasteiger partial charge in [0.05, 0.1) is 12.2 Å². The molecule has 0 aliphatic heterocycles. The molecule has 0 radical (unpaired) electrons. The Morgan fingerprint density at radius 3 is 1.52 bits per heavy atom. The molecule has 0 amide bonds. The Bertz CT molecular complexity index is 414. The molecule has 0 spiro atoms. The van der Waals surface area contributed by atoms with Crippen molar-refractivity contribution in [1.29, 1.82) is 0 Å². The highest BCUT2D eigenvalue weighted by molar-refractivity contribution is 4.81. The Balaban J connectivity index is 4.11. The van der Waals surface area contributed by atoms with Gasteiger partial charge >= 0.3 is 0 Å². The quantitative estimate of drug-likeness (QED) is 0.0759. The van der Waals surface area contributed by atoms with Gasteiger partial charge in [-0.05, 0) is 57.8 Å². The third-order valence-corrected chi connectivity index (χ3v) is 6.33. The Morgan fingerprint density at radius 2 is 1.09 bits per heavy atom. The zero-order chi connectivity index (χ0) is 24.6. The molecule has 2 unspecified atom stereocenters. The minimum atomic E-state index is -1.15. The molecule has 0 rings (SSSR count). The van der Waals surface area contributed by atoms with Crippen LogP contribution in [0.4, 0.5) is 0 Å². The summed E-state index contributed by atoms with van der Waals surface area (Å²) in [7, 11) is 0. The first-order chi connectivity index (χ1) is 16.0. The summed E-state index contributed by atoms with van der Waals surface area (Å²) in [5, 5.41) is 18.6. The van der Waals surface area contributed by atoms with Gasteiger partial charge in [0.2, 0.25) is 5.91 Å². The van der Waals surface area contributed by atoms with Crippen LogP contribution in [0, 0.1) is 0 Å². The van der Waals surface area contributed by atoms with E-state index in [4.69, 9.17) is 15.2 Å². The summed E-state index contributed by atoms with van der Waals surface area (Å²) in [6, 6.07) is 0. The molecule has 0 aliphatic rings. The van der Waals surface area contributed by atoms with Crippen molar-refractivity contribution in [2.75, 3.05) is 13.2 Å². The summed E-state index contributed by atoms with van der Waals surface area (Å²) < 4.78 is 12.3. The summed E-state index contributed by atoms with van der Waals surface area (Å²) in [6.07, 6.45) is 24.2. The number of allylic oxidation sites excluding steroid dienone is 2. The smallest absolute Gasteiger partial charge is 0.225 e. The molecule has 4 N–H and O–H groups in total. The van der Waals surface area contributed by atoms with Gasteiger partial charge in [-0.2, -0.15) is 0 Å². The monoisotopic (exact) mass is 471 g/mol. The number of aliphatic hydroxyl groups excluding tert-OH is 2. The first-order valence-corrected chi connectivity index (χ1v) is 14.1. The third-order valence-electron chi connectivity index (χ3n) is 6.33. The van der Waals surface area contributed by atoms with E-state index in [9.17, 15) is 10.2 Å². The summed E-state index contributed by atoms with van der Waals surface area (Å²) in [5.41, 5.74) is 6.55. The zero-order valence-corrected chi connectivity index (χ0v) is 22.2. The van der Waals surface area contributed by atoms with Gasteiger partial charge in [0, 0.05) is 19.6 Å². The Kier molecular flexibility index (Phi) is 23.0. The van der Waals surface area contributed by atoms with Gasteiger partial charge in [-0.1, -0.05) is 84.3 Å². The van der Waals surface area contributed by atoms with Crippen LogP contribution in [0.1, 0.15) is 136 Å². The van der Waals surface area contributed by atoms with Gasteiger partial charge in [0.1, 0.15) is 0 Å². The number of hydrogen-bond donors (Lipinski definition) is 3. The van der Waals surface area contributed by atoms with Crippen LogP contribution in [0.15, 0.2) is 12.2 Å². The highest BCUT2D eigenvalue weighted by Crippen LogP contribution is 2.24. The number of aliphatic hydroxyl groups is 2. The van der Waals surface area contributed by atoms with Crippen molar-refractivity contribution in [1.82, 2.24) is 0 Å². The van der Waals surface area contributed by atoms with E-state index in [1.807, 2.05) is 13.8 Å². The van der Waals surface area contributed by atoms with Crippen LogP contribution in [0.2, 0.25) is 0 Å². The van der Waals surface area contributed by atoms with Gasteiger partial charge in [0.15, 0.2) is 0 Å². The minimum Gasteiger partial charge on any atom is -0.396 e. The van der Waals surface area contributed by atoms with E-state index in [1.54, 1.807) is 0 Å². The van der Waals surface area contributed by atoms with Crippen LogP contribution in [0.3, 0.4) is 0 Å². The average Bonchev–Trinajstić information content (AvgIpc) is 2.81. The molecule has 0 aromatic heterocycles. The Hall–Kier alpha value is -0.460. The first kappa shape index (κ1) is 32.5. The summed E-state index contributed by atoms with van der Waals surface area (Å²) >= 11 is 0. The third kappa shape index (κ3) is 19.5. The predicted molar refractivity (Wildman–Crippen MR) is 140 cm³/mol. The fourth-order valence-electron chi connectivity index (χ4n) is 4.13. The standard InChI is InChI=1S/C28H57NO4/c1-4-7-8-9-10-11-12-13-14-15-16-17-18-19-20-23-28(29,32-26(5-2)21-24-30)33-27(6-3)22-25-31/h13-14,26-27,30-31H,4-12,15-25,29H2,1-3H3/b14-13-. The summed E-state index contributed by atoms with van der Waals surface area (Å²) in [4.78, 5) is 0. The van der Waals surface area contributed by atoms with E-state index in [2.05, 4.69) is 19.1 Å². The van der Waals surface area contributed by atoms with Crippen LogP contribution < -0.4 is 5.73 Å². The summed E-state index contributed by atoms with van der Waals surface area (Å²) in [6.45, 7) is 6.50. The van der Waals surface area contributed by atoms with Gasteiger partial charge < -0.3 is 19.7 Å². The molecule has 198 valence electrons. The molecule has 0 aromatic carbocycles. The van der Waals surface area contributed by atoms with Gasteiger partial charge in [0.25, 0.3) is 0 Å². The molecule has 0 saturated carbocycles. The topological polar surface area (TPSA) is 84.9 Å². The van der Waals surface area contributed by atoms with Gasteiger partial charge in [-0.15, -0.1) is 0 Å². The molecule has 0 aromatic rings. The van der Waals surface area contributed by atoms with Crippen molar-refractivity contribution in [3.63, 3.8) is 0 Å². The molecule has 0 aliphatic carbocycles. The van der Waals surface area contributed by atoms with E-state index >= 15 is 0 Å². The zero-order valence-electron chi connectivity index (χ0n) is 22.2. The maximum Gasteiger partial charge on any atom is 0.225 e. The lowest BCUT2D eigenvalue weighted by Gasteiger charge is -2.36. The van der Waals surface area contributed by atoms with Gasteiger partial charge in [-0.3, -0.25) is 5.73 Å². The highest BCUT2D eigenvalue weighted by Gasteiger charge is 2.32. The lowest BCUT2D eigenvalue weighted by molar-refractivity contribution is -0.283. The Labute approximate surface area is 205 Å². The molecule has 0 saturated heterocycles. The SMILES string of the molecule is CCCCCCCC/C=C\CCCCCCCC(N)(OC(CC)CCO)OC(CC)CCO. The van der Waals surface area contributed by atoms with Gasteiger partial charge in [-0.25, -0.2) is 0 Å². The number of ether oxygens (including phenoxy) is 2. The van der Waals surface area contributed by atoms with Crippen LogP contribution in [0.25, 0.3) is 0 Å². The summed E-state index contributed by atoms with van der Waals surface area (Å²) in [5.74, 6) is -1.15. The molecule has 0 fully saturated rings. The van der Waals surface area contributed by atoms with E-state index < -0.39 is 5.91 Å². The van der Waals surface area contributed by atoms with E-state index in [0.717, 1.165) is 25.7 Å². The molecule has 0 heterocycles. The van der Waals surface area contributed by atoms with Crippen molar-refractivity contribution in [2.45, 2.75) is 154 Å². The van der Waals surface area contributed by atoms with Crippen molar-refractivity contribution in [3.05, 3.63) is 12.2 Å². The maximum atomic E-state index is 9.29. The van der Waals surface area contributed by atoms with Crippen LogP contribution in [-0.2, 0) is 9.47 Å². The van der Waals surface area contributed by atoms with E-state index in [1.165, 1.54) is 70.6 Å². The molecule has 33 heavy (non-hydrogen) atoms. The maximum absolute atomic E-state index is 9.29. The fraction of sp³-hybridized carbons (Fsp3) is 0.929. The lowest BCUT2D eigenvalue weighted by Crippen LogP contribution is -2.50. The molecular weight excluding hydrogens is 414 g/mol. The molecule has 0 bridgehead atoms. The lowest BCUT2D eigenvalue weighted by atomic mass is 10.1. The van der Waals surface area contributed by atoms with E-state index in [-0.39, 0.29) is 25.4 Å². The van der Waals surface area contributed by atoms with Crippen molar-refractivity contribution in [2.24, 2.45) is 5.73 Å². The second-order valence-electron chi connectivity index (χ2n) is 9.47. The van der Waals surface area contributed by atoms with Crippen molar-refractivity contribution in [3.8, 4) is 0 Å². The number of hydrogen-bond acceptors (Lipinski definition) is 5. The molecule has 5 heteroatoms. The highest BCUT2D eigenvalue weighted by atomic mass is 16.7. The molecule has 5 nitrogen and oxygen atoms in total. The second-order valence-corrected chi connectivity index (χ2v) is 9.47.